The molecule has 0 bridgehead atoms. The lowest BCUT2D eigenvalue weighted by atomic mass is 9.90. The van der Waals surface area contributed by atoms with Crippen molar-refractivity contribution in [1.82, 2.24) is 10.2 Å². The highest BCUT2D eigenvalue weighted by Gasteiger charge is 2.39. The van der Waals surface area contributed by atoms with Crippen LogP contribution < -0.4 is 5.32 Å². The number of nitrogens with one attached hydrogen (secondary N) is 1. The lowest BCUT2D eigenvalue weighted by Crippen LogP contribution is -2.57. The summed E-state index contributed by atoms with van der Waals surface area (Å²) in [6, 6.07) is 11.8. The maximum absolute atomic E-state index is 12.4. The number of nitriles is 1. The first kappa shape index (κ1) is 15.8. The molecule has 0 aromatic heterocycles. The number of hydrogen-bond donors (Lipinski definition) is 1. The van der Waals surface area contributed by atoms with Crippen LogP contribution in [-0.2, 0) is 6.54 Å². The molecular weight excluding hydrogens is 279 g/mol. The summed E-state index contributed by atoms with van der Waals surface area (Å²) in [6.07, 6.45) is -3.14. The van der Waals surface area contributed by atoms with Crippen molar-refractivity contribution in [3.05, 3.63) is 35.9 Å². The van der Waals surface area contributed by atoms with Gasteiger partial charge in [-0.25, -0.2) is 0 Å². The largest absolute Gasteiger partial charge is 0.401 e. The molecule has 21 heavy (non-hydrogen) atoms. The van der Waals surface area contributed by atoms with Crippen LogP contribution in [0.3, 0.4) is 0 Å². The minimum absolute atomic E-state index is 0.314. The Bertz CT molecular complexity index is 495. The second-order valence-corrected chi connectivity index (χ2v) is 5.46. The highest BCUT2D eigenvalue weighted by molar-refractivity contribution is 5.16. The maximum atomic E-state index is 12.4. The van der Waals surface area contributed by atoms with Gasteiger partial charge in [0.1, 0.15) is 5.54 Å². The third-order valence-corrected chi connectivity index (χ3v) is 3.66. The molecule has 114 valence electrons. The van der Waals surface area contributed by atoms with Crippen LogP contribution in [0, 0.1) is 11.3 Å². The average Bonchev–Trinajstić information content (AvgIpc) is 2.46. The van der Waals surface area contributed by atoms with Crippen LogP contribution in [0.25, 0.3) is 0 Å². The fraction of sp³-hybridized carbons (Fsp3) is 0.533. The van der Waals surface area contributed by atoms with Gasteiger partial charge in [0.15, 0.2) is 0 Å². The molecular formula is C15H18F3N3. The first-order valence-electron chi connectivity index (χ1n) is 6.92. The van der Waals surface area contributed by atoms with Crippen molar-refractivity contribution in [2.45, 2.75) is 31.1 Å². The van der Waals surface area contributed by atoms with E-state index >= 15 is 0 Å². The number of rotatable bonds is 4. The standard InChI is InChI=1S/C15H18F3N3/c16-15(17,18)11-20-14(10-19)7-4-8-21(12-14)9-13-5-2-1-3-6-13/h1-3,5-6,20H,4,7-9,11-12H2. The summed E-state index contributed by atoms with van der Waals surface area (Å²) in [5.41, 5.74) is -0.00945. The molecule has 3 nitrogen and oxygen atoms in total. The zero-order valence-electron chi connectivity index (χ0n) is 11.7. The van der Waals surface area contributed by atoms with Crippen LogP contribution in [0.5, 0.6) is 0 Å². The zero-order valence-corrected chi connectivity index (χ0v) is 11.7. The van der Waals surface area contributed by atoms with Gasteiger partial charge in [-0.15, -0.1) is 0 Å². The third kappa shape index (κ3) is 4.73. The van der Waals surface area contributed by atoms with Crippen LogP contribution in [-0.4, -0.2) is 36.2 Å². The van der Waals surface area contributed by atoms with Crippen molar-refractivity contribution in [2.24, 2.45) is 0 Å². The third-order valence-electron chi connectivity index (χ3n) is 3.66. The van der Waals surface area contributed by atoms with Gasteiger partial charge in [0.05, 0.1) is 12.6 Å². The minimum Gasteiger partial charge on any atom is -0.296 e. The van der Waals surface area contributed by atoms with Gasteiger partial charge in [-0.05, 0) is 24.9 Å². The number of likely N-dealkylation sites (tertiary alicyclic amines) is 1. The van der Waals surface area contributed by atoms with Gasteiger partial charge in [0.25, 0.3) is 0 Å². The van der Waals surface area contributed by atoms with Gasteiger partial charge in [-0.3, -0.25) is 10.2 Å². The molecule has 0 amide bonds. The minimum atomic E-state index is -4.30. The number of piperidine rings is 1. The highest BCUT2D eigenvalue weighted by atomic mass is 19.4. The van der Waals surface area contributed by atoms with E-state index in [9.17, 15) is 18.4 Å². The molecule has 1 N–H and O–H groups in total. The predicted molar refractivity (Wildman–Crippen MR) is 73.4 cm³/mol. The van der Waals surface area contributed by atoms with E-state index in [0.29, 0.717) is 25.9 Å². The van der Waals surface area contributed by atoms with E-state index in [0.717, 1.165) is 12.1 Å². The zero-order chi connectivity index (χ0) is 15.3. The second kappa shape index (κ2) is 6.46. The first-order valence-corrected chi connectivity index (χ1v) is 6.92. The molecule has 1 aromatic carbocycles. The van der Waals surface area contributed by atoms with Gasteiger partial charge in [-0.2, -0.15) is 18.4 Å². The van der Waals surface area contributed by atoms with E-state index in [1.54, 1.807) is 0 Å². The lowest BCUT2D eigenvalue weighted by Gasteiger charge is -2.39. The van der Waals surface area contributed by atoms with Gasteiger partial charge >= 0.3 is 6.18 Å². The Morgan fingerprint density at radius 3 is 2.62 bits per heavy atom. The molecule has 2 rings (SSSR count). The molecule has 0 radical (unpaired) electrons. The van der Waals surface area contributed by atoms with E-state index in [-0.39, 0.29) is 0 Å². The molecule has 0 spiro atoms. The van der Waals surface area contributed by atoms with Crippen LogP contribution in [0.1, 0.15) is 18.4 Å². The molecule has 6 heteroatoms. The number of halogens is 3. The van der Waals surface area contributed by atoms with E-state index in [4.69, 9.17) is 0 Å². The first-order chi connectivity index (χ1) is 9.92. The van der Waals surface area contributed by atoms with Crippen molar-refractivity contribution >= 4 is 0 Å². The maximum Gasteiger partial charge on any atom is 0.401 e. The summed E-state index contributed by atoms with van der Waals surface area (Å²) in [4.78, 5) is 2.03. The normalized spacial score (nSPS) is 23.7. The molecule has 1 unspecified atom stereocenters. The van der Waals surface area contributed by atoms with Gasteiger partial charge in [-0.1, -0.05) is 30.3 Å². The van der Waals surface area contributed by atoms with Crippen LogP contribution in [0.4, 0.5) is 13.2 Å². The van der Waals surface area contributed by atoms with Crippen LogP contribution in [0.15, 0.2) is 30.3 Å². The number of hydrogen-bond acceptors (Lipinski definition) is 3. The average molecular weight is 297 g/mol. The summed E-state index contributed by atoms with van der Waals surface area (Å²) in [6.45, 7) is 0.637. The fourth-order valence-corrected chi connectivity index (χ4v) is 2.67. The summed E-state index contributed by atoms with van der Waals surface area (Å²) in [7, 11) is 0. The van der Waals surface area contributed by atoms with Crippen molar-refractivity contribution in [3.8, 4) is 6.07 Å². The van der Waals surface area contributed by atoms with Crippen LogP contribution in [0.2, 0.25) is 0 Å². The number of nitrogens with zero attached hydrogens (tertiary/aromatic N) is 2. The lowest BCUT2D eigenvalue weighted by molar-refractivity contribution is -0.128. The second-order valence-electron chi connectivity index (χ2n) is 5.46. The summed E-state index contributed by atoms with van der Waals surface area (Å²) < 4.78 is 37.1. The molecule has 0 aliphatic carbocycles. The molecule has 1 atom stereocenters. The Balaban J connectivity index is 1.99. The Labute approximate surface area is 122 Å². The predicted octanol–water partition coefficient (Wildman–Crippen LogP) is 2.70. The Kier molecular flexibility index (Phi) is 4.86. The molecule has 1 aliphatic heterocycles. The van der Waals surface area contributed by atoms with Crippen molar-refractivity contribution in [3.63, 3.8) is 0 Å². The highest BCUT2D eigenvalue weighted by Crippen LogP contribution is 2.24. The van der Waals surface area contributed by atoms with E-state index in [1.165, 1.54) is 0 Å². The molecule has 1 saturated heterocycles. The number of alkyl halides is 3. The monoisotopic (exact) mass is 297 g/mol. The Hall–Kier alpha value is -1.58. The van der Waals surface area contributed by atoms with Crippen molar-refractivity contribution < 1.29 is 13.2 Å². The summed E-state index contributed by atoms with van der Waals surface area (Å²) in [5.74, 6) is 0. The van der Waals surface area contributed by atoms with Gasteiger partial charge in [0, 0.05) is 13.1 Å². The molecule has 1 aliphatic rings. The topological polar surface area (TPSA) is 39.1 Å². The van der Waals surface area contributed by atoms with Gasteiger partial charge < -0.3 is 0 Å². The van der Waals surface area contributed by atoms with E-state index in [2.05, 4.69) is 11.4 Å². The van der Waals surface area contributed by atoms with Gasteiger partial charge in [0.2, 0.25) is 0 Å². The van der Waals surface area contributed by atoms with Crippen molar-refractivity contribution in [2.75, 3.05) is 19.6 Å². The Morgan fingerprint density at radius 1 is 1.29 bits per heavy atom. The fourth-order valence-electron chi connectivity index (χ4n) is 2.67. The summed E-state index contributed by atoms with van der Waals surface area (Å²) >= 11 is 0. The van der Waals surface area contributed by atoms with E-state index < -0.39 is 18.3 Å². The van der Waals surface area contributed by atoms with Crippen molar-refractivity contribution in [1.29, 1.82) is 5.26 Å². The van der Waals surface area contributed by atoms with E-state index in [1.807, 2.05) is 35.2 Å². The quantitative estimate of drug-likeness (QED) is 0.928. The number of benzene rings is 1. The molecule has 1 aromatic rings. The summed E-state index contributed by atoms with van der Waals surface area (Å²) in [5, 5.41) is 11.7. The van der Waals surface area contributed by atoms with Crippen LogP contribution >= 0.6 is 0 Å². The Morgan fingerprint density at radius 2 is 2.00 bits per heavy atom. The smallest absolute Gasteiger partial charge is 0.296 e. The molecule has 0 saturated carbocycles. The SMILES string of the molecule is N#CC1(NCC(F)(F)F)CCCN(Cc2ccccc2)C1. The molecule has 1 heterocycles. The molecule has 1 fully saturated rings.